The predicted octanol–water partition coefficient (Wildman–Crippen LogP) is 2.66. The maximum Gasteiger partial charge on any atom is 0.264 e. The van der Waals surface area contributed by atoms with Crippen LogP contribution in [-0.4, -0.2) is 63.7 Å². The first kappa shape index (κ1) is 21.9. The van der Waals surface area contributed by atoms with Gasteiger partial charge in [0.05, 0.1) is 16.8 Å². The molecule has 0 unspecified atom stereocenters. The zero-order chi connectivity index (χ0) is 24.0. The summed E-state index contributed by atoms with van der Waals surface area (Å²) >= 11 is 0. The van der Waals surface area contributed by atoms with Crippen molar-refractivity contribution in [1.82, 2.24) is 14.4 Å². The number of rotatable bonds is 1. The maximum absolute atomic E-state index is 13.8. The molecule has 3 amide bonds. The highest BCUT2D eigenvalue weighted by molar-refractivity contribution is 6.09. The van der Waals surface area contributed by atoms with Gasteiger partial charge in [0.25, 0.3) is 5.91 Å². The molecule has 2 bridgehead atoms. The number of carbonyl (C=O) groups excluding carboxylic acids is 4. The first-order valence-electron chi connectivity index (χ1n) is 11.4. The number of hydrogen-bond donors (Lipinski definition) is 1. The molecule has 1 aromatic heterocycles. The van der Waals surface area contributed by atoms with Crippen molar-refractivity contribution in [2.75, 3.05) is 18.9 Å². The van der Waals surface area contributed by atoms with Gasteiger partial charge in [-0.25, -0.2) is 0 Å². The van der Waals surface area contributed by atoms with Crippen LogP contribution in [0.1, 0.15) is 35.7 Å². The lowest BCUT2D eigenvalue weighted by molar-refractivity contribution is -0.145. The molecule has 0 aliphatic carbocycles. The SMILES string of the molecule is CC(=O)N(C)[C@H]1Cc2cn(c3ccccc23)C(=O)c2ccccc2NC(=O)[C@@H]2CCCN2C1=O. The molecule has 5 rings (SSSR count). The molecule has 8 nitrogen and oxygen atoms in total. The minimum atomic E-state index is -0.789. The quantitative estimate of drug-likeness (QED) is 0.607. The molecule has 0 radical (unpaired) electrons. The highest BCUT2D eigenvalue weighted by atomic mass is 16.2. The average Bonchev–Trinajstić information content (AvgIpc) is 3.47. The largest absolute Gasteiger partial charge is 0.334 e. The Bertz CT molecular complexity index is 1330. The number of aromatic nitrogens is 1. The third-order valence-corrected chi connectivity index (χ3v) is 6.93. The molecular weight excluding hydrogens is 432 g/mol. The number of benzene rings is 2. The Kier molecular flexibility index (Phi) is 5.43. The smallest absolute Gasteiger partial charge is 0.264 e. The molecule has 2 aliphatic rings. The molecule has 3 aromatic rings. The fraction of sp³-hybridized carbons (Fsp3) is 0.308. The summed E-state index contributed by atoms with van der Waals surface area (Å²) in [6.07, 6.45) is 3.21. The van der Waals surface area contributed by atoms with E-state index in [9.17, 15) is 19.2 Å². The molecule has 1 fully saturated rings. The van der Waals surface area contributed by atoms with Crippen LogP contribution in [0.3, 0.4) is 0 Å². The van der Waals surface area contributed by atoms with E-state index in [-0.39, 0.29) is 30.0 Å². The highest BCUT2D eigenvalue weighted by Crippen LogP contribution is 2.29. The van der Waals surface area contributed by atoms with E-state index in [2.05, 4.69) is 5.32 Å². The zero-order valence-electron chi connectivity index (χ0n) is 19.2. The van der Waals surface area contributed by atoms with Gasteiger partial charge in [0.15, 0.2) is 0 Å². The van der Waals surface area contributed by atoms with Crippen LogP contribution in [0.15, 0.2) is 54.7 Å². The van der Waals surface area contributed by atoms with Gasteiger partial charge in [-0.3, -0.25) is 23.7 Å². The number of para-hydroxylation sites is 2. The second kappa shape index (κ2) is 8.44. The van der Waals surface area contributed by atoms with Crippen LogP contribution in [0.25, 0.3) is 10.9 Å². The third-order valence-electron chi connectivity index (χ3n) is 6.93. The molecule has 8 heteroatoms. The summed E-state index contributed by atoms with van der Waals surface area (Å²) < 4.78 is 1.56. The molecule has 0 spiro atoms. The summed E-state index contributed by atoms with van der Waals surface area (Å²) in [5, 5.41) is 3.74. The molecular formula is C26H26N4O4. The van der Waals surface area contributed by atoms with Crippen molar-refractivity contribution in [2.24, 2.45) is 0 Å². The number of likely N-dealkylation sites (N-methyl/N-ethyl adjacent to an activating group) is 1. The minimum absolute atomic E-state index is 0.238. The van der Waals surface area contributed by atoms with Crippen LogP contribution in [0.5, 0.6) is 0 Å². The molecule has 2 atom stereocenters. The predicted molar refractivity (Wildman–Crippen MR) is 127 cm³/mol. The minimum Gasteiger partial charge on any atom is -0.334 e. The standard InChI is InChI=1S/C26H26N4O4/c1-16(31)28(2)23-14-17-15-30(21-11-6-4-8-18(17)21)25(33)19-9-3-5-10-20(19)27-24(32)22-12-7-13-29(22)26(23)34/h3-6,8-11,15,22-23H,7,12-14H2,1-2H3,(H,27,32)/t22-,23-/m0/s1. The van der Waals surface area contributed by atoms with E-state index in [1.54, 1.807) is 47.0 Å². The van der Waals surface area contributed by atoms with Crippen molar-refractivity contribution in [3.05, 3.63) is 65.9 Å². The normalized spacial score (nSPS) is 20.6. The zero-order valence-corrected chi connectivity index (χ0v) is 19.2. The molecule has 174 valence electrons. The molecule has 2 aliphatic heterocycles. The number of fused-ring (bicyclic) bond motifs is 7. The van der Waals surface area contributed by atoms with Crippen molar-refractivity contribution < 1.29 is 19.2 Å². The Labute approximate surface area is 197 Å². The molecule has 1 saturated heterocycles. The summed E-state index contributed by atoms with van der Waals surface area (Å²) in [6, 6.07) is 13.0. The summed E-state index contributed by atoms with van der Waals surface area (Å²) in [6.45, 7) is 1.87. The Morgan fingerprint density at radius 1 is 1.06 bits per heavy atom. The van der Waals surface area contributed by atoms with E-state index in [4.69, 9.17) is 0 Å². The van der Waals surface area contributed by atoms with Crippen molar-refractivity contribution in [1.29, 1.82) is 0 Å². The first-order valence-corrected chi connectivity index (χ1v) is 11.4. The van der Waals surface area contributed by atoms with Crippen LogP contribution in [0.2, 0.25) is 0 Å². The van der Waals surface area contributed by atoms with Gasteiger partial charge >= 0.3 is 0 Å². The number of nitrogens with one attached hydrogen (secondary N) is 1. The Morgan fingerprint density at radius 3 is 2.59 bits per heavy atom. The molecule has 3 heterocycles. The van der Waals surface area contributed by atoms with E-state index in [1.807, 2.05) is 24.3 Å². The van der Waals surface area contributed by atoms with Crippen molar-refractivity contribution in [3.8, 4) is 0 Å². The lowest BCUT2D eigenvalue weighted by Crippen LogP contribution is -2.53. The van der Waals surface area contributed by atoms with Crippen LogP contribution < -0.4 is 5.32 Å². The first-order chi connectivity index (χ1) is 16.4. The van der Waals surface area contributed by atoms with E-state index >= 15 is 0 Å². The topological polar surface area (TPSA) is 91.7 Å². The molecule has 2 aromatic carbocycles. The maximum atomic E-state index is 13.8. The third kappa shape index (κ3) is 3.55. The van der Waals surface area contributed by atoms with Crippen molar-refractivity contribution in [2.45, 2.75) is 38.3 Å². The van der Waals surface area contributed by atoms with Crippen LogP contribution in [0, 0.1) is 0 Å². The van der Waals surface area contributed by atoms with Gasteiger partial charge in [-0.15, -0.1) is 0 Å². The van der Waals surface area contributed by atoms with Crippen molar-refractivity contribution >= 4 is 40.2 Å². The van der Waals surface area contributed by atoms with E-state index in [1.165, 1.54) is 11.8 Å². The highest BCUT2D eigenvalue weighted by Gasteiger charge is 2.40. The number of hydrogen-bond acceptors (Lipinski definition) is 4. The fourth-order valence-corrected chi connectivity index (χ4v) is 5.02. The van der Waals surface area contributed by atoms with Gasteiger partial charge in [-0.05, 0) is 36.6 Å². The number of amides is 3. The number of nitrogens with zero attached hydrogens (tertiary/aromatic N) is 3. The average molecular weight is 459 g/mol. The monoisotopic (exact) mass is 458 g/mol. The molecule has 1 N–H and O–H groups in total. The number of anilines is 1. The Balaban J connectivity index is 1.72. The molecule has 34 heavy (non-hydrogen) atoms. The summed E-state index contributed by atoms with van der Waals surface area (Å²) in [5.41, 5.74) is 2.28. The van der Waals surface area contributed by atoms with Crippen LogP contribution >= 0.6 is 0 Å². The summed E-state index contributed by atoms with van der Waals surface area (Å²) in [5.74, 6) is -1.10. The summed E-state index contributed by atoms with van der Waals surface area (Å²) in [4.78, 5) is 56.0. The summed E-state index contributed by atoms with van der Waals surface area (Å²) in [7, 11) is 1.61. The second-order valence-corrected chi connectivity index (χ2v) is 8.92. The fourth-order valence-electron chi connectivity index (χ4n) is 5.02. The Hall–Kier alpha value is -3.94. The molecule has 0 saturated carbocycles. The lowest BCUT2D eigenvalue weighted by atomic mass is 10.0. The van der Waals surface area contributed by atoms with Crippen LogP contribution in [0.4, 0.5) is 5.69 Å². The van der Waals surface area contributed by atoms with Crippen molar-refractivity contribution in [3.63, 3.8) is 0 Å². The lowest BCUT2D eigenvalue weighted by Gasteiger charge is -2.32. The van der Waals surface area contributed by atoms with E-state index in [0.29, 0.717) is 36.2 Å². The van der Waals surface area contributed by atoms with Gasteiger partial charge in [-0.2, -0.15) is 0 Å². The van der Waals surface area contributed by atoms with Gasteiger partial charge in [-0.1, -0.05) is 30.3 Å². The van der Waals surface area contributed by atoms with Gasteiger partial charge in [0.1, 0.15) is 12.1 Å². The van der Waals surface area contributed by atoms with Gasteiger partial charge in [0, 0.05) is 38.5 Å². The Morgan fingerprint density at radius 2 is 1.79 bits per heavy atom. The number of carbonyl (C=O) groups is 4. The van der Waals surface area contributed by atoms with E-state index < -0.39 is 12.1 Å². The van der Waals surface area contributed by atoms with E-state index in [0.717, 1.165) is 10.9 Å². The van der Waals surface area contributed by atoms with Gasteiger partial charge < -0.3 is 15.1 Å². The van der Waals surface area contributed by atoms with Gasteiger partial charge in [0.2, 0.25) is 17.7 Å². The second-order valence-electron chi connectivity index (χ2n) is 8.92. The van der Waals surface area contributed by atoms with Crippen LogP contribution in [-0.2, 0) is 20.8 Å².